The number of para-hydroxylation sites is 2. The minimum atomic E-state index is -0.878. The Labute approximate surface area is 112 Å². The van der Waals surface area contributed by atoms with Crippen molar-refractivity contribution in [2.24, 2.45) is 0 Å². The van der Waals surface area contributed by atoms with Crippen molar-refractivity contribution in [1.29, 1.82) is 5.26 Å². The molecule has 2 rings (SSSR count). The highest BCUT2D eigenvalue weighted by atomic mass is 16.6. The normalized spacial score (nSPS) is 19.9. The number of nitriles is 1. The van der Waals surface area contributed by atoms with Crippen LogP contribution in [0.4, 0.5) is 0 Å². The van der Waals surface area contributed by atoms with Crippen LogP contribution in [-0.4, -0.2) is 24.2 Å². The number of rotatable bonds is 3. The van der Waals surface area contributed by atoms with E-state index in [-0.39, 0.29) is 12.5 Å². The van der Waals surface area contributed by atoms with E-state index < -0.39 is 11.6 Å². The van der Waals surface area contributed by atoms with Crippen molar-refractivity contribution in [2.75, 3.05) is 6.61 Å². The molecule has 1 aliphatic rings. The van der Waals surface area contributed by atoms with E-state index in [1.807, 2.05) is 19.1 Å². The van der Waals surface area contributed by atoms with Crippen LogP contribution in [0.5, 0.6) is 11.5 Å². The highest BCUT2D eigenvalue weighted by Crippen LogP contribution is 2.31. The second-order valence-corrected chi connectivity index (χ2v) is 4.65. The van der Waals surface area contributed by atoms with Gasteiger partial charge in [-0.15, -0.1) is 0 Å². The van der Waals surface area contributed by atoms with Gasteiger partial charge in [-0.25, -0.2) is 0 Å². The number of benzene rings is 1. The molecule has 0 spiro atoms. The van der Waals surface area contributed by atoms with E-state index in [1.54, 1.807) is 19.1 Å². The summed E-state index contributed by atoms with van der Waals surface area (Å²) in [6, 6.07) is 9.28. The third-order valence-electron chi connectivity index (χ3n) is 3.15. The molecule has 0 radical (unpaired) electrons. The third kappa shape index (κ3) is 2.79. The van der Waals surface area contributed by atoms with Gasteiger partial charge in [0.1, 0.15) is 12.1 Å². The number of hydrogen-bond donors (Lipinski definition) is 1. The summed E-state index contributed by atoms with van der Waals surface area (Å²) in [5.74, 6) is 0.842. The summed E-state index contributed by atoms with van der Waals surface area (Å²) < 4.78 is 11.1. The van der Waals surface area contributed by atoms with Crippen molar-refractivity contribution in [3.63, 3.8) is 0 Å². The fourth-order valence-electron chi connectivity index (χ4n) is 1.70. The number of nitrogens with zero attached hydrogens (tertiary/aromatic N) is 1. The summed E-state index contributed by atoms with van der Waals surface area (Å²) in [4.78, 5) is 12.1. The highest BCUT2D eigenvalue weighted by molar-refractivity contribution is 5.82. The molecule has 0 aliphatic carbocycles. The van der Waals surface area contributed by atoms with E-state index in [4.69, 9.17) is 14.7 Å². The summed E-state index contributed by atoms with van der Waals surface area (Å²) in [5.41, 5.74) is -0.878. The fourth-order valence-corrected chi connectivity index (χ4v) is 1.70. The van der Waals surface area contributed by atoms with Crippen LogP contribution in [0.3, 0.4) is 0 Å². The number of amides is 1. The first-order valence-electron chi connectivity index (χ1n) is 6.20. The zero-order valence-electron chi connectivity index (χ0n) is 11.0. The van der Waals surface area contributed by atoms with Gasteiger partial charge in [0.05, 0.1) is 6.07 Å². The van der Waals surface area contributed by atoms with Crippen molar-refractivity contribution in [3.8, 4) is 17.6 Å². The number of carbonyl (C=O) groups excluding carboxylic acids is 1. The van der Waals surface area contributed by atoms with Gasteiger partial charge in [-0.05, 0) is 25.5 Å². The van der Waals surface area contributed by atoms with E-state index >= 15 is 0 Å². The van der Waals surface area contributed by atoms with Crippen LogP contribution in [0.2, 0.25) is 0 Å². The van der Waals surface area contributed by atoms with Crippen molar-refractivity contribution in [3.05, 3.63) is 24.3 Å². The molecule has 0 unspecified atom stereocenters. The Morgan fingerprint density at radius 1 is 1.53 bits per heavy atom. The van der Waals surface area contributed by atoms with Crippen molar-refractivity contribution in [1.82, 2.24) is 5.32 Å². The monoisotopic (exact) mass is 260 g/mol. The average Bonchev–Trinajstić information content (AvgIpc) is 2.46. The van der Waals surface area contributed by atoms with E-state index in [0.29, 0.717) is 17.9 Å². The molecule has 5 heteroatoms. The quantitative estimate of drug-likeness (QED) is 0.896. The van der Waals surface area contributed by atoms with Gasteiger partial charge >= 0.3 is 0 Å². The summed E-state index contributed by atoms with van der Waals surface area (Å²) in [5, 5.41) is 11.7. The second-order valence-electron chi connectivity index (χ2n) is 4.65. The first-order valence-corrected chi connectivity index (χ1v) is 6.20. The molecule has 5 nitrogen and oxygen atoms in total. The summed E-state index contributed by atoms with van der Waals surface area (Å²) >= 11 is 0. The zero-order valence-corrected chi connectivity index (χ0v) is 11.0. The predicted octanol–water partition coefficient (Wildman–Crippen LogP) is 1.63. The van der Waals surface area contributed by atoms with Crippen molar-refractivity contribution < 1.29 is 14.3 Å². The molecule has 2 atom stereocenters. The van der Waals surface area contributed by atoms with Crippen LogP contribution in [-0.2, 0) is 4.79 Å². The fraction of sp³-hybridized carbons (Fsp3) is 0.429. The van der Waals surface area contributed by atoms with Gasteiger partial charge in [0.15, 0.2) is 11.5 Å². The molecular formula is C14H16N2O3. The van der Waals surface area contributed by atoms with Crippen LogP contribution in [0.1, 0.15) is 20.3 Å². The van der Waals surface area contributed by atoms with Gasteiger partial charge in [-0.2, -0.15) is 5.26 Å². The van der Waals surface area contributed by atoms with Crippen LogP contribution >= 0.6 is 0 Å². The number of ether oxygens (including phenoxy) is 2. The molecular weight excluding hydrogens is 244 g/mol. The van der Waals surface area contributed by atoms with Gasteiger partial charge in [0.25, 0.3) is 5.91 Å². The van der Waals surface area contributed by atoms with Crippen molar-refractivity contribution in [2.45, 2.75) is 31.9 Å². The molecule has 1 aliphatic heterocycles. The summed E-state index contributed by atoms with van der Waals surface area (Å²) in [6.07, 6.45) is -0.200. The maximum atomic E-state index is 12.1. The largest absolute Gasteiger partial charge is 0.485 e. The van der Waals surface area contributed by atoms with E-state index in [0.717, 1.165) is 0 Å². The zero-order chi connectivity index (χ0) is 13.9. The lowest BCUT2D eigenvalue weighted by Crippen LogP contribution is -2.52. The molecule has 100 valence electrons. The van der Waals surface area contributed by atoms with Gasteiger partial charge in [0.2, 0.25) is 6.10 Å². The topological polar surface area (TPSA) is 71.4 Å². The standard InChI is InChI=1S/C14H16N2O3/c1-3-14(2,9-15)16-13(17)12-8-18-10-6-4-5-7-11(10)19-12/h4-7,12H,3,8H2,1-2H3,(H,16,17)/t12-,14+/m0/s1. The van der Waals surface area contributed by atoms with Crippen molar-refractivity contribution >= 4 is 5.91 Å². The van der Waals surface area contributed by atoms with Gasteiger partial charge in [-0.1, -0.05) is 19.1 Å². The molecule has 1 aromatic rings. The smallest absolute Gasteiger partial charge is 0.265 e. The van der Waals surface area contributed by atoms with E-state index in [1.165, 1.54) is 0 Å². The Kier molecular flexibility index (Phi) is 3.61. The first-order chi connectivity index (χ1) is 9.08. The molecule has 0 saturated carbocycles. The molecule has 0 bridgehead atoms. The van der Waals surface area contributed by atoms with Crippen LogP contribution in [0, 0.1) is 11.3 Å². The second kappa shape index (κ2) is 5.19. The SMILES string of the molecule is CC[C@](C)(C#N)NC(=O)[C@@H]1COc2ccccc2O1. The molecule has 0 saturated heterocycles. The van der Waals surface area contributed by atoms with Gasteiger partial charge in [-0.3, -0.25) is 4.79 Å². The van der Waals surface area contributed by atoms with Crippen LogP contribution < -0.4 is 14.8 Å². The lowest BCUT2D eigenvalue weighted by atomic mass is 10.0. The minimum absolute atomic E-state index is 0.147. The third-order valence-corrected chi connectivity index (χ3v) is 3.15. The predicted molar refractivity (Wildman–Crippen MR) is 68.8 cm³/mol. The maximum absolute atomic E-state index is 12.1. The van der Waals surface area contributed by atoms with Crippen LogP contribution in [0.15, 0.2) is 24.3 Å². The molecule has 1 heterocycles. The lowest BCUT2D eigenvalue weighted by molar-refractivity contribution is -0.131. The van der Waals surface area contributed by atoms with Gasteiger partial charge < -0.3 is 14.8 Å². The molecule has 1 aromatic carbocycles. The highest BCUT2D eigenvalue weighted by Gasteiger charge is 2.32. The number of nitrogens with one attached hydrogen (secondary N) is 1. The number of carbonyl (C=O) groups is 1. The summed E-state index contributed by atoms with van der Waals surface area (Å²) in [7, 11) is 0. The first kappa shape index (κ1) is 13.2. The average molecular weight is 260 g/mol. The number of hydrogen-bond acceptors (Lipinski definition) is 4. The Morgan fingerprint density at radius 2 is 2.21 bits per heavy atom. The Bertz CT molecular complexity index is 524. The van der Waals surface area contributed by atoms with E-state index in [2.05, 4.69) is 11.4 Å². The maximum Gasteiger partial charge on any atom is 0.265 e. The van der Waals surface area contributed by atoms with Gasteiger partial charge in [0, 0.05) is 0 Å². The molecule has 1 N–H and O–H groups in total. The minimum Gasteiger partial charge on any atom is -0.485 e. The van der Waals surface area contributed by atoms with Crippen LogP contribution in [0.25, 0.3) is 0 Å². The lowest BCUT2D eigenvalue weighted by Gasteiger charge is -2.28. The Morgan fingerprint density at radius 3 is 2.84 bits per heavy atom. The van der Waals surface area contributed by atoms with E-state index in [9.17, 15) is 4.79 Å². The molecule has 1 amide bonds. The summed E-state index contributed by atoms with van der Waals surface area (Å²) in [6.45, 7) is 3.67. The number of fused-ring (bicyclic) bond motifs is 1. The molecule has 0 aromatic heterocycles. The Hall–Kier alpha value is -2.22. The molecule has 19 heavy (non-hydrogen) atoms. The molecule has 0 fully saturated rings. The Balaban J connectivity index is 2.06.